The highest BCUT2D eigenvalue weighted by molar-refractivity contribution is 7.89. The van der Waals surface area contributed by atoms with Crippen molar-refractivity contribution in [1.82, 2.24) is 9.29 Å². The predicted molar refractivity (Wildman–Crippen MR) is 83.8 cm³/mol. The third kappa shape index (κ3) is 4.33. The van der Waals surface area contributed by atoms with Crippen LogP contribution in [-0.4, -0.2) is 37.2 Å². The van der Waals surface area contributed by atoms with Gasteiger partial charge in [0.2, 0.25) is 15.9 Å². The van der Waals surface area contributed by atoms with E-state index in [0.717, 1.165) is 34.1 Å². The second-order valence-corrected chi connectivity index (χ2v) is 7.03. The van der Waals surface area contributed by atoms with Gasteiger partial charge in [0.25, 0.3) is 0 Å². The molecule has 0 unspecified atom stereocenters. The first-order valence-corrected chi connectivity index (χ1v) is 8.17. The van der Waals surface area contributed by atoms with Gasteiger partial charge in [-0.15, -0.1) is 0 Å². The van der Waals surface area contributed by atoms with Crippen LogP contribution in [0.3, 0.4) is 0 Å². The van der Waals surface area contributed by atoms with Crippen molar-refractivity contribution in [3.63, 3.8) is 0 Å². The van der Waals surface area contributed by atoms with E-state index in [1.165, 1.54) is 7.05 Å². The molecule has 0 saturated carbocycles. The first-order chi connectivity index (χ1) is 10.8. The van der Waals surface area contributed by atoms with Gasteiger partial charge in [0.05, 0.1) is 11.4 Å². The normalized spacial score (nSPS) is 11.5. The van der Waals surface area contributed by atoms with Gasteiger partial charge >= 0.3 is 0 Å². The molecule has 1 N–H and O–H groups in total. The molecule has 0 aliphatic carbocycles. The van der Waals surface area contributed by atoms with Crippen LogP contribution in [0.4, 0.5) is 10.2 Å². The van der Waals surface area contributed by atoms with Crippen LogP contribution in [0.15, 0.2) is 47.5 Å². The van der Waals surface area contributed by atoms with Crippen molar-refractivity contribution in [1.29, 1.82) is 0 Å². The van der Waals surface area contributed by atoms with Gasteiger partial charge in [-0.3, -0.25) is 4.79 Å². The fourth-order valence-electron chi connectivity index (χ4n) is 1.80. The first-order valence-electron chi connectivity index (χ1n) is 6.73. The number of aromatic nitrogens is 1. The average molecular weight is 337 g/mol. The van der Waals surface area contributed by atoms with Gasteiger partial charge in [-0.1, -0.05) is 6.07 Å². The molecule has 0 aliphatic rings. The van der Waals surface area contributed by atoms with Crippen LogP contribution in [0, 0.1) is 12.7 Å². The minimum absolute atomic E-state index is 0.0809. The summed E-state index contributed by atoms with van der Waals surface area (Å²) >= 11 is 0. The second kappa shape index (κ2) is 6.84. The molecular formula is C15H16FN3O3S. The summed E-state index contributed by atoms with van der Waals surface area (Å²) in [4.78, 5) is 15.9. The van der Waals surface area contributed by atoms with Crippen LogP contribution in [0.2, 0.25) is 0 Å². The number of hydrogen-bond donors (Lipinski definition) is 1. The van der Waals surface area contributed by atoms with E-state index >= 15 is 0 Å². The summed E-state index contributed by atoms with van der Waals surface area (Å²) in [7, 11) is -2.59. The topological polar surface area (TPSA) is 79.4 Å². The van der Waals surface area contributed by atoms with Gasteiger partial charge in [-0.25, -0.2) is 17.8 Å². The predicted octanol–water partition coefficient (Wildman–Crippen LogP) is 1.79. The van der Waals surface area contributed by atoms with Crippen molar-refractivity contribution in [2.24, 2.45) is 0 Å². The molecule has 1 aromatic carbocycles. The summed E-state index contributed by atoms with van der Waals surface area (Å²) < 4.78 is 38.3. The average Bonchev–Trinajstić information content (AvgIpc) is 2.50. The Bertz CT molecular complexity index is 790. The molecule has 2 aromatic rings. The Morgan fingerprint density at radius 1 is 1.22 bits per heavy atom. The Labute approximate surface area is 134 Å². The number of carbonyl (C=O) groups excluding carboxylic acids is 1. The zero-order chi connectivity index (χ0) is 17.0. The number of hydrogen-bond acceptors (Lipinski definition) is 4. The Kier molecular flexibility index (Phi) is 5.07. The molecule has 0 atom stereocenters. The van der Waals surface area contributed by atoms with E-state index in [1.807, 2.05) is 6.92 Å². The molecule has 1 heterocycles. The van der Waals surface area contributed by atoms with Crippen molar-refractivity contribution in [3.05, 3.63) is 54.0 Å². The summed E-state index contributed by atoms with van der Waals surface area (Å²) in [5.74, 6) is -0.711. The van der Waals surface area contributed by atoms with Crippen LogP contribution in [0.1, 0.15) is 5.56 Å². The number of carbonyl (C=O) groups is 1. The van der Waals surface area contributed by atoms with E-state index in [2.05, 4.69) is 10.3 Å². The maximum atomic E-state index is 12.9. The molecule has 0 fully saturated rings. The van der Waals surface area contributed by atoms with E-state index in [9.17, 15) is 17.6 Å². The van der Waals surface area contributed by atoms with Gasteiger partial charge in [-0.2, -0.15) is 4.31 Å². The monoisotopic (exact) mass is 337 g/mol. The second-order valence-electron chi connectivity index (χ2n) is 4.98. The highest BCUT2D eigenvalue weighted by atomic mass is 32.2. The number of sulfonamides is 1. The first kappa shape index (κ1) is 17.0. The van der Waals surface area contributed by atoms with Crippen molar-refractivity contribution in [3.8, 4) is 0 Å². The number of pyridine rings is 1. The van der Waals surface area contributed by atoms with E-state index in [4.69, 9.17) is 0 Å². The molecule has 0 bridgehead atoms. The third-order valence-electron chi connectivity index (χ3n) is 3.07. The third-order valence-corrected chi connectivity index (χ3v) is 4.88. The zero-order valence-electron chi connectivity index (χ0n) is 12.7. The summed E-state index contributed by atoms with van der Waals surface area (Å²) in [6, 6.07) is 7.82. The maximum absolute atomic E-state index is 12.9. The van der Waals surface area contributed by atoms with Crippen LogP contribution in [0.5, 0.6) is 0 Å². The van der Waals surface area contributed by atoms with Crippen LogP contribution < -0.4 is 5.32 Å². The molecule has 2 rings (SSSR count). The highest BCUT2D eigenvalue weighted by Gasteiger charge is 2.23. The Hall–Kier alpha value is -2.32. The quantitative estimate of drug-likeness (QED) is 0.902. The SMILES string of the molecule is Cc1ccc(NC(=O)CN(C)S(=O)(=O)c2ccc(F)cc2)nc1. The minimum atomic E-state index is -3.86. The molecule has 0 spiro atoms. The van der Waals surface area contributed by atoms with Gasteiger partial charge in [0, 0.05) is 13.2 Å². The molecule has 1 amide bonds. The van der Waals surface area contributed by atoms with E-state index in [0.29, 0.717) is 5.82 Å². The number of nitrogens with one attached hydrogen (secondary N) is 1. The van der Waals surface area contributed by atoms with Gasteiger partial charge in [0.1, 0.15) is 11.6 Å². The smallest absolute Gasteiger partial charge is 0.243 e. The standard InChI is InChI=1S/C15H16FN3O3S/c1-11-3-8-14(17-9-11)18-15(20)10-19(2)23(21,22)13-6-4-12(16)5-7-13/h3-9H,10H2,1-2H3,(H,17,18,20). The van der Waals surface area contributed by atoms with Crippen molar-refractivity contribution in [2.75, 3.05) is 18.9 Å². The summed E-state index contributed by atoms with van der Waals surface area (Å²) in [5, 5.41) is 2.52. The lowest BCUT2D eigenvalue weighted by Gasteiger charge is -2.16. The van der Waals surface area contributed by atoms with Crippen molar-refractivity contribution in [2.45, 2.75) is 11.8 Å². The molecule has 23 heavy (non-hydrogen) atoms. The van der Waals surface area contributed by atoms with Gasteiger partial charge < -0.3 is 5.32 Å². The number of nitrogens with zero attached hydrogens (tertiary/aromatic N) is 2. The fourth-order valence-corrected chi connectivity index (χ4v) is 2.92. The van der Waals surface area contributed by atoms with Crippen LogP contribution in [-0.2, 0) is 14.8 Å². The number of halogens is 1. The fraction of sp³-hybridized carbons (Fsp3) is 0.200. The van der Waals surface area contributed by atoms with Gasteiger partial charge in [0.15, 0.2) is 0 Å². The van der Waals surface area contributed by atoms with Crippen LogP contribution in [0.25, 0.3) is 0 Å². The minimum Gasteiger partial charge on any atom is -0.310 e. The van der Waals surface area contributed by atoms with E-state index < -0.39 is 21.7 Å². The molecule has 0 saturated heterocycles. The number of amides is 1. The lowest BCUT2D eigenvalue weighted by molar-refractivity contribution is -0.116. The Morgan fingerprint density at radius 3 is 2.43 bits per heavy atom. The number of likely N-dealkylation sites (N-methyl/N-ethyl adjacent to an activating group) is 1. The zero-order valence-corrected chi connectivity index (χ0v) is 13.5. The van der Waals surface area contributed by atoms with E-state index in [-0.39, 0.29) is 11.4 Å². The van der Waals surface area contributed by atoms with Crippen molar-refractivity contribution >= 4 is 21.7 Å². The lowest BCUT2D eigenvalue weighted by Crippen LogP contribution is -2.35. The number of benzene rings is 1. The molecule has 0 radical (unpaired) electrons. The maximum Gasteiger partial charge on any atom is 0.243 e. The molecule has 122 valence electrons. The Morgan fingerprint density at radius 2 is 1.87 bits per heavy atom. The number of rotatable bonds is 5. The van der Waals surface area contributed by atoms with Crippen LogP contribution >= 0.6 is 0 Å². The molecule has 0 aliphatic heterocycles. The number of anilines is 1. The largest absolute Gasteiger partial charge is 0.310 e. The summed E-state index contributed by atoms with van der Waals surface area (Å²) in [6.07, 6.45) is 1.59. The summed E-state index contributed by atoms with van der Waals surface area (Å²) in [5.41, 5.74) is 0.944. The number of aryl methyl sites for hydroxylation is 1. The molecule has 6 nitrogen and oxygen atoms in total. The van der Waals surface area contributed by atoms with E-state index in [1.54, 1.807) is 18.3 Å². The highest BCUT2D eigenvalue weighted by Crippen LogP contribution is 2.14. The summed E-state index contributed by atoms with van der Waals surface area (Å²) in [6.45, 7) is 1.48. The molecular weight excluding hydrogens is 321 g/mol. The molecule has 8 heteroatoms. The van der Waals surface area contributed by atoms with Crippen molar-refractivity contribution < 1.29 is 17.6 Å². The van der Waals surface area contributed by atoms with Gasteiger partial charge in [-0.05, 0) is 42.8 Å². The Balaban J connectivity index is 2.05. The lowest BCUT2D eigenvalue weighted by atomic mass is 10.3. The molecule has 1 aromatic heterocycles.